The summed E-state index contributed by atoms with van der Waals surface area (Å²) in [7, 11) is 0. The van der Waals surface area contributed by atoms with E-state index < -0.39 is 5.60 Å². The van der Waals surface area contributed by atoms with Crippen molar-refractivity contribution in [2.24, 2.45) is 0 Å². The van der Waals surface area contributed by atoms with Crippen LogP contribution in [0, 0.1) is 13.8 Å². The normalized spacial score (nSPS) is 15.1. The van der Waals surface area contributed by atoms with E-state index in [0.717, 1.165) is 34.6 Å². The lowest BCUT2D eigenvalue weighted by atomic mass is 9.89. The zero-order chi connectivity index (χ0) is 11.6. The predicted molar refractivity (Wildman–Crippen MR) is 65.4 cm³/mol. The lowest BCUT2D eigenvalue weighted by Crippen LogP contribution is -2.21. The van der Waals surface area contributed by atoms with Gasteiger partial charge in [-0.15, -0.1) is 0 Å². The standard InChI is InChI=1S/C13H19ClO/c1-5-6-13(4,15)11-7-9(2)12(14)10(3)8-11/h7-8,15H,5-6H2,1-4H3/t13-/m0/s1. The Morgan fingerprint density at radius 3 is 2.13 bits per heavy atom. The van der Waals surface area contributed by atoms with Gasteiger partial charge in [-0.05, 0) is 43.9 Å². The van der Waals surface area contributed by atoms with Crippen LogP contribution in [0.4, 0.5) is 0 Å². The van der Waals surface area contributed by atoms with Gasteiger partial charge >= 0.3 is 0 Å². The van der Waals surface area contributed by atoms with Gasteiger partial charge in [0.2, 0.25) is 0 Å². The molecule has 0 heterocycles. The number of aryl methyl sites for hydroxylation is 2. The largest absolute Gasteiger partial charge is 0.385 e. The molecule has 0 aliphatic carbocycles. The third-order valence-electron chi connectivity index (χ3n) is 2.80. The minimum absolute atomic E-state index is 0.741. The van der Waals surface area contributed by atoms with Crippen LogP contribution in [0.2, 0.25) is 5.02 Å². The van der Waals surface area contributed by atoms with Gasteiger partial charge < -0.3 is 5.11 Å². The molecule has 0 spiro atoms. The maximum atomic E-state index is 10.3. The summed E-state index contributed by atoms with van der Waals surface area (Å²) in [6.45, 7) is 7.88. The topological polar surface area (TPSA) is 20.2 Å². The third kappa shape index (κ3) is 2.73. The van der Waals surface area contributed by atoms with Gasteiger partial charge in [0, 0.05) is 5.02 Å². The number of benzene rings is 1. The van der Waals surface area contributed by atoms with E-state index in [1.54, 1.807) is 0 Å². The van der Waals surface area contributed by atoms with Crippen molar-refractivity contribution in [2.45, 2.75) is 46.1 Å². The molecule has 0 bridgehead atoms. The molecule has 1 N–H and O–H groups in total. The van der Waals surface area contributed by atoms with E-state index >= 15 is 0 Å². The fourth-order valence-electron chi connectivity index (χ4n) is 1.89. The Labute approximate surface area is 97.1 Å². The highest BCUT2D eigenvalue weighted by molar-refractivity contribution is 6.32. The Bertz CT molecular complexity index is 333. The van der Waals surface area contributed by atoms with E-state index in [9.17, 15) is 5.11 Å². The lowest BCUT2D eigenvalue weighted by molar-refractivity contribution is 0.0468. The van der Waals surface area contributed by atoms with Crippen molar-refractivity contribution in [2.75, 3.05) is 0 Å². The summed E-state index contributed by atoms with van der Waals surface area (Å²) in [4.78, 5) is 0. The van der Waals surface area contributed by atoms with Crippen molar-refractivity contribution in [1.82, 2.24) is 0 Å². The molecule has 0 aliphatic rings. The number of rotatable bonds is 3. The summed E-state index contributed by atoms with van der Waals surface area (Å²) >= 11 is 6.10. The van der Waals surface area contributed by atoms with E-state index in [4.69, 9.17) is 11.6 Å². The van der Waals surface area contributed by atoms with E-state index in [1.165, 1.54) is 0 Å². The smallest absolute Gasteiger partial charge is 0.0868 e. The van der Waals surface area contributed by atoms with Crippen molar-refractivity contribution >= 4 is 11.6 Å². The summed E-state index contributed by atoms with van der Waals surface area (Å²) in [6, 6.07) is 3.95. The molecule has 0 aromatic heterocycles. The lowest BCUT2D eigenvalue weighted by Gasteiger charge is -2.24. The summed E-state index contributed by atoms with van der Waals surface area (Å²) in [5.41, 5.74) is 2.28. The molecule has 0 radical (unpaired) electrons. The van der Waals surface area contributed by atoms with Gasteiger partial charge in [-0.1, -0.05) is 37.1 Å². The second-order valence-electron chi connectivity index (χ2n) is 4.45. The second-order valence-corrected chi connectivity index (χ2v) is 4.83. The highest BCUT2D eigenvalue weighted by Crippen LogP contribution is 2.30. The summed E-state index contributed by atoms with van der Waals surface area (Å²) in [5, 5.41) is 11.1. The maximum Gasteiger partial charge on any atom is 0.0868 e. The number of aliphatic hydroxyl groups is 1. The first-order valence-corrected chi connectivity index (χ1v) is 5.76. The van der Waals surface area contributed by atoms with Crippen LogP contribution in [0.1, 0.15) is 43.4 Å². The Hall–Kier alpha value is -0.530. The summed E-state index contributed by atoms with van der Waals surface area (Å²) < 4.78 is 0. The van der Waals surface area contributed by atoms with Gasteiger partial charge in [0.25, 0.3) is 0 Å². The van der Waals surface area contributed by atoms with Gasteiger partial charge in [-0.3, -0.25) is 0 Å². The molecule has 0 amide bonds. The minimum Gasteiger partial charge on any atom is -0.385 e. The van der Waals surface area contributed by atoms with Crippen LogP contribution in [0.5, 0.6) is 0 Å². The Morgan fingerprint density at radius 2 is 1.73 bits per heavy atom. The molecule has 0 saturated heterocycles. The molecule has 2 heteroatoms. The van der Waals surface area contributed by atoms with Crippen LogP contribution < -0.4 is 0 Å². The molecule has 15 heavy (non-hydrogen) atoms. The van der Waals surface area contributed by atoms with Gasteiger partial charge in [0.1, 0.15) is 0 Å². The highest BCUT2D eigenvalue weighted by atomic mass is 35.5. The molecule has 1 aromatic rings. The number of hydrogen-bond acceptors (Lipinski definition) is 1. The number of hydrogen-bond donors (Lipinski definition) is 1. The van der Waals surface area contributed by atoms with Crippen molar-refractivity contribution in [3.63, 3.8) is 0 Å². The first-order chi connectivity index (χ1) is 6.88. The summed E-state index contributed by atoms with van der Waals surface area (Å²) in [6.07, 6.45) is 1.74. The van der Waals surface area contributed by atoms with Gasteiger partial charge in [0.05, 0.1) is 5.60 Å². The third-order valence-corrected chi connectivity index (χ3v) is 3.39. The fraction of sp³-hybridized carbons (Fsp3) is 0.538. The molecule has 1 rings (SSSR count). The van der Waals surface area contributed by atoms with Crippen molar-refractivity contribution in [3.8, 4) is 0 Å². The molecule has 84 valence electrons. The molecule has 1 aromatic carbocycles. The molecule has 0 saturated carbocycles. The molecular formula is C13H19ClO. The van der Waals surface area contributed by atoms with Gasteiger partial charge in [0.15, 0.2) is 0 Å². The Morgan fingerprint density at radius 1 is 1.27 bits per heavy atom. The van der Waals surface area contributed by atoms with Crippen LogP contribution >= 0.6 is 11.6 Å². The van der Waals surface area contributed by atoms with Crippen molar-refractivity contribution in [3.05, 3.63) is 33.8 Å². The van der Waals surface area contributed by atoms with E-state index in [2.05, 4.69) is 6.92 Å². The van der Waals surface area contributed by atoms with Crippen molar-refractivity contribution in [1.29, 1.82) is 0 Å². The SMILES string of the molecule is CCC[C@](C)(O)c1cc(C)c(Cl)c(C)c1. The molecule has 0 aliphatic heterocycles. The van der Waals surface area contributed by atoms with E-state index in [-0.39, 0.29) is 0 Å². The summed E-state index contributed by atoms with van der Waals surface area (Å²) in [5.74, 6) is 0. The van der Waals surface area contributed by atoms with Crippen molar-refractivity contribution < 1.29 is 5.11 Å². The van der Waals surface area contributed by atoms with E-state index in [1.807, 2.05) is 32.9 Å². The van der Waals surface area contributed by atoms with Crippen LogP contribution in [-0.2, 0) is 5.60 Å². The first-order valence-electron chi connectivity index (χ1n) is 5.38. The zero-order valence-electron chi connectivity index (χ0n) is 9.89. The fourth-order valence-corrected chi connectivity index (χ4v) is 2.00. The van der Waals surface area contributed by atoms with E-state index in [0.29, 0.717) is 0 Å². The Balaban J connectivity index is 3.16. The van der Waals surface area contributed by atoms with Gasteiger partial charge in [-0.2, -0.15) is 0 Å². The van der Waals surface area contributed by atoms with Crippen LogP contribution in [0.25, 0.3) is 0 Å². The molecule has 0 unspecified atom stereocenters. The molecule has 0 fully saturated rings. The van der Waals surface area contributed by atoms with Crippen LogP contribution in [0.15, 0.2) is 12.1 Å². The monoisotopic (exact) mass is 226 g/mol. The van der Waals surface area contributed by atoms with Crippen LogP contribution in [-0.4, -0.2) is 5.11 Å². The van der Waals surface area contributed by atoms with Gasteiger partial charge in [-0.25, -0.2) is 0 Å². The predicted octanol–water partition coefficient (Wildman–Crippen LogP) is 3.96. The average Bonchev–Trinajstić information content (AvgIpc) is 2.13. The number of halogens is 1. The highest BCUT2D eigenvalue weighted by Gasteiger charge is 2.22. The molecule has 1 nitrogen and oxygen atoms in total. The molecule has 1 atom stereocenters. The first kappa shape index (κ1) is 12.5. The average molecular weight is 227 g/mol. The Kier molecular flexibility index (Phi) is 3.80. The zero-order valence-corrected chi connectivity index (χ0v) is 10.7. The van der Waals surface area contributed by atoms with Crippen LogP contribution in [0.3, 0.4) is 0 Å². The maximum absolute atomic E-state index is 10.3. The second kappa shape index (κ2) is 4.54. The quantitative estimate of drug-likeness (QED) is 0.827. The minimum atomic E-state index is -0.741. The molecular weight excluding hydrogens is 208 g/mol.